The molecular formula is C23H29Cl2NO3. The quantitative estimate of drug-likeness (QED) is 0.448. The zero-order chi connectivity index (χ0) is 20.4. The summed E-state index contributed by atoms with van der Waals surface area (Å²) in [5, 5.41) is 12.2. The zero-order valence-electron chi connectivity index (χ0n) is 16.9. The Balaban J connectivity index is 0.00000420. The van der Waals surface area contributed by atoms with Crippen molar-refractivity contribution < 1.29 is 14.6 Å². The first-order valence-electron chi connectivity index (χ1n) is 9.53. The standard InChI is InChI=1S/C23H28ClNO3.ClH/c1-17(2)14-18-5-7-19(8-6-18)16-28-21-10-9-20(22(24)15-21)4-3-12-25-13-11-23(26)27;/h3-10,15,17,25H,11-14,16H2,1-2H3,(H,26,27);1H/b4-3+;. The van der Waals surface area contributed by atoms with Crippen LogP contribution in [0.2, 0.25) is 5.02 Å². The highest BCUT2D eigenvalue weighted by Gasteiger charge is 2.03. The van der Waals surface area contributed by atoms with Gasteiger partial charge in [0.05, 0.1) is 11.4 Å². The number of hydrogen-bond acceptors (Lipinski definition) is 3. The van der Waals surface area contributed by atoms with Gasteiger partial charge in [-0.05, 0) is 47.2 Å². The van der Waals surface area contributed by atoms with Gasteiger partial charge in [-0.2, -0.15) is 0 Å². The number of aliphatic carboxylic acids is 1. The number of carboxylic acids is 1. The summed E-state index contributed by atoms with van der Waals surface area (Å²) >= 11 is 6.33. The second-order valence-corrected chi connectivity index (χ2v) is 7.54. The van der Waals surface area contributed by atoms with E-state index in [0.717, 1.165) is 23.3 Å². The first-order chi connectivity index (χ1) is 13.4. The fraction of sp³-hybridized carbons (Fsp3) is 0.348. The van der Waals surface area contributed by atoms with Crippen molar-refractivity contribution >= 4 is 36.1 Å². The maximum atomic E-state index is 10.4. The first-order valence-corrected chi connectivity index (χ1v) is 9.91. The molecule has 2 aromatic carbocycles. The van der Waals surface area contributed by atoms with Crippen molar-refractivity contribution in [3.63, 3.8) is 0 Å². The van der Waals surface area contributed by atoms with Gasteiger partial charge in [0.15, 0.2) is 0 Å². The number of carboxylic acid groups (broad SMARTS) is 1. The maximum absolute atomic E-state index is 10.4. The topological polar surface area (TPSA) is 58.6 Å². The van der Waals surface area contributed by atoms with E-state index in [1.807, 2.05) is 30.4 Å². The van der Waals surface area contributed by atoms with Crippen molar-refractivity contribution in [3.8, 4) is 5.75 Å². The summed E-state index contributed by atoms with van der Waals surface area (Å²) in [5.74, 6) is 0.576. The van der Waals surface area contributed by atoms with Crippen LogP contribution in [0, 0.1) is 5.92 Å². The Morgan fingerprint density at radius 3 is 2.48 bits per heavy atom. The normalized spacial score (nSPS) is 10.9. The monoisotopic (exact) mass is 437 g/mol. The molecule has 0 amide bonds. The van der Waals surface area contributed by atoms with Gasteiger partial charge >= 0.3 is 5.97 Å². The van der Waals surface area contributed by atoms with Crippen LogP contribution in [0.1, 0.15) is 37.0 Å². The molecule has 0 aliphatic rings. The maximum Gasteiger partial charge on any atom is 0.304 e. The number of hydrogen-bond donors (Lipinski definition) is 2. The Morgan fingerprint density at radius 2 is 1.86 bits per heavy atom. The third-order valence-corrected chi connectivity index (χ3v) is 4.45. The molecule has 0 heterocycles. The van der Waals surface area contributed by atoms with Crippen LogP contribution in [-0.4, -0.2) is 24.2 Å². The van der Waals surface area contributed by atoms with Crippen LogP contribution in [0.4, 0.5) is 0 Å². The minimum absolute atomic E-state index is 0. The molecule has 0 spiro atoms. The van der Waals surface area contributed by atoms with Gasteiger partial charge in [-0.1, -0.05) is 61.9 Å². The molecule has 0 saturated carbocycles. The van der Waals surface area contributed by atoms with Gasteiger partial charge in [0.2, 0.25) is 0 Å². The molecule has 0 aliphatic carbocycles. The van der Waals surface area contributed by atoms with Crippen LogP contribution in [-0.2, 0) is 17.8 Å². The number of halogens is 2. The Kier molecular flexibility index (Phi) is 11.4. The van der Waals surface area contributed by atoms with Gasteiger partial charge in [0.1, 0.15) is 12.4 Å². The van der Waals surface area contributed by atoms with Crippen LogP contribution in [0.5, 0.6) is 5.75 Å². The summed E-state index contributed by atoms with van der Waals surface area (Å²) in [7, 11) is 0. The lowest BCUT2D eigenvalue weighted by Crippen LogP contribution is -2.17. The molecule has 0 saturated heterocycles. The Hall–Kier alpha value is -2.01. The van der Waals surface area contributed by atoms with E-state index < -0.39 is 5.97 Å². The van der Waals surface area contributed by atoms with Crippen molar-refractivity contribution in [1.82, 2.24) is 5.32 Å². The fourth-order valence-electron chi connectivity index (χ4n) is 2.71. The van der Waals surface area contributed by atoms with E-state index in [9.17, 15) is 4.79 Å². The third kappa shape index (κ3) is 9.84. The molecule has 2 aromatic rings. The summed E-state index contributed by atoms with van der Waals surface area (Å²) in [6.45, 7) is 5.97. The largest absolute Gasteiger partial charge is 0.489 e. The van der Waals surface area contributed by atoms with Crippen molar-refractivity contribution in [2.45, 2.75) is 33.3 Å². The zero-order valence-corrected chi connectivity index (χ0v) is 18.4. The smallest absolute Gasteiger partial charge is 0.304 e. The average Bonchev–Trinajstić information content (AvgIpc) is 2.64. The molecule has 0 aromatic heterocycles. The number of carbonyl (C=O) groups is 1. The molecule has 2 rings (SSSR count). The lowest BCUT2D eigenvalue weighted by molar-refractivity contribution is -0.136. The number of ether oxygens (including phenoxy) is 1. The molecule has 0 atom stereocenters. The van der Waals surface area contributed by atoms with Crippen molar-refractivity contribution in [2.24, 2.45) is 5.92 Å². The first kappa shape index (κ1) is 25.0. The Bertz CT molecular complexity index is 789. The molecular weight excluding hydrogens is 409 g/mol. The van der Waals surface area contributed by atoms with Gasteiger partial charge in [-0.25, -0.2) is 0 Å². The van der Waals surface area contributed by atoms with Gasteiger partial charge in [-0.15, -0.1) is 12.4 Å². The van der Waals surface area contributed by atoms with Gasteiger partial charge < -0.3 is 15.2 Å². The number of nitrogens with one attached hydrogen (secondary N) is 1. The fourth-order valence-corrected chi connectivity index (χ4v) is 2.94. The van der Waals surface area contributed by atoms with Crippen molar-refractivity contribution in [2.75, 3.05) is 13.1 Å². The lowest BCUT2D eigenvalue weighted by Gasteiger charge is -2.09. The van der Waals surface area contributed by atoms with E-state index >= 15 is 0 Å². The van der Waals surface area contributed by atoms with Crippen LogP contribution < -0.4 is 10.1 Å². The Labute approximate surface area is 184 Å². The van der Waals surface area contributed by atoms with E-state index in [4.69, 9.17) is 21.4 Å². The Morgan fingerprint density at radius 1 is 1.17 bits per heavy atom. The SMILES string of the molecule is CC(C)Cc1ccc(COc2ccc(/C=C/CNCCC(=O)O)c(Cl)c2)cc1.Cl. The molecule has 4 nitrogen and oxygen atoms in total. The van der Waals surface area contributed by atoms with Gasteiger partial charge in [-0.3, -0.25) is 4.79 Å². The van der Waals surface area contributed by atoms with Crippen LogP contribution in [0.25, 0.3) is 6.08 Å². The molecule has 0 unspecified atom stereocenters. The average molecular weight is 438 g/mol. The summed E-state index contributed by atoms with van der Waals surface area (Å²) in [4.78, 5) is 10.4. The predicted molar refractivity (Wildman–Crippen MR) is 122 cm³/mol. The molecule has 0 fully saturated rings. The summed E-state index contributed by atoms with van der Waals surface area (Å²) < 4.78 is 5.85. The van der Waals surface area contributed by atoms with Crippen molar-refractivity contribution in [3.05, 3.63) is 70.3 Å². The van der Waals surface area contributed by atoms with E-state index in [0.29, 0.717) is 30.6 Å². The highest BCUT2D eigenvalue weighted by Crippen LogP contribution is 2.24. The van der Waals surface area contributed by atoms with Crippen LogP contribution in [0.3, 0.4) is 0 Å². The third-order valence-electron chi connectivity index (χ3n) is 4.12. The highest BCUT2D eigenvalue weighted by molar-refractivity contribution is 6.32. The lowest BCUT2D eigenvalue weighted by atomic mass is 10.0. The molecule has 29 heavy (non-hydrogen) atoms. The molecule has 6 heteroatoms. The summed E-state index contributed by atoms with van der Waals surface area (Å²) in [5.41, 5.74) is 3.36. The number of rotatable bonds is 11. The van der Waals surface area contributed by atoms with Crippen molar-refractivity contribution in [1.29, 1.82) is 0 Å². The highest BCUT2D eigenvalue weighted by atomic mass is 35.5. The minimum atomic E-state index is -0.804. The predicted octanol–water partition coefficient (Wildman–Crippen LogP) is 5.62. The molecule has 2 N–H and O–H groups in total. The van der Waals surface area contributed by atoms with Crippen LogP contribution in [0.15, 0.2) is 48.5 Å². The molecule has 0 aliphatic heterocycles. The second kappa shape index (κ2) is 13.3. The van der Waals surface area contributed by atoms with Gasteiger partial charge in [0.25, 0.3) is 0 Å². The molecule has 158 valence electrons. The van der Waals surface area contributed by atoms with E-state index in [-0.39, 0.29) is 18.8 Å². The van der Waals surface area contributed by atoms with E-state index in [1.54, 1.807) is 0 Å². The van der Waals surface area contributed by atoms with Gasteiger partial charge in [0, 0.05) is 13.1 Å². The second-order valence-electron chi connectivity index (χ2n) is 7.14. The number of benzene rings is 2. The molecule has 0 bridgehead atoms. The minimum Gasteiger partial charge on any atom is -0.489 e. The van der Waals surface area contributed by atoms with E-state index in [2.05, 4.69) is 43.4 Å². The summed E-state index contributed by atoms with van der Waals surface area (Å²) in [6.07, 6.45) is 5.03. The van der Waals surface area contributed by atoms with Crippen LogP contribution >= 0.6 is 24.0 Å². The van der Waals surface area contributed by atoms with E-state index in [1.165, 1.54) is 5.56 Å². The summed E-state index contributed by atoms with van der Waals surface area (Å²) in [6, 6.07) is 14.1. The molecule has 0 radical (unpaired) electrons.